The lowest BCUT2D eigenvalue weighted by Gasteiger charge is -2.33. The molecule has 0 aromatic carbocycles. The first-order chi connectivity index (χ1) is 9.28. The van der Waals surface area contributed by atoms with Crippen molar-refractivity contribution in [1.29, 1.82) is 0 Å². The van der Waals surface area contributed by atoms with E-state index in [0.717, 1.165) is 31.9 Å². The van der Waals surface area contributed by atoms with Crippen LogP contribution < -0.4 is 0 Å². The van der Waals surface area contributed by atoms with Gasteiger partial charge in [0.1, 0.15) is 12.2 Å². The first-order valence-electron chi connectivity index (χ1n) is 7.57. The number of aromatic nitrogens is 3. The molecule has 0 spiro atoms. The van der Waals surface area contributed by atoms with E-state index in [1.807, 2.05) is 13.3 Å². The predicted octanol–water partition coefficient (Wildman–Crippen LogP) is 1.56. The van der Waals surface area contributed by atoms with Gasteiger partial charge < -0.3 is 14.6 Å². The van der Waals surface area contributed by atoms with Gasteiger partial charge in [-0.15, -0.1) is 10.2 Å². The van der Waals surface area contributed by atoms with Crippen LogP contribution in [0.25, 0.3) is 0 Å². The van der Waals surface area contributed by atoms with Gasteiger partial charge in [-0.25, -0.2) is 0 Å². The highest BCUT2D eigenvalue weighted by Crippen LogP contribution is 2.38. The second-order valence-electron chi connectivity index (χ2n) is 5.99. The van der Waals surface area contributed by atoms with Gasteiger partial charge in [0.05, 0.1) is 6.10 Å². The highest BCUT2D eigenvalue weighted by atomic mass is 16.3. The molecule has 2 atom stereocenters. The van der Waals surface area contributed by atoms with Crippen LogP contribution in [0.1, 0.15) is 56.8 Å². The normalized spacial score (nSPS) is 26.5. The number of likely N-dealkylation sites (tertiary alicyclic amines) is 1. The van der Waals surface area contributed by atoms with Gasteiger partial charge in [0.2, 0.25) is 0 Å². The Hall–Kier alpha value is -0.940. The summed E-state index contributed by atoms with van der Waals surface area (Å²) in [4.78, 5) is 2.38. The van der Waals surface area contributed by atoms with Gasteiger partial charge in [-0.2, -0.15) is 0 Å². The third kappa shape index (κ3) is 2.98. The Morgan fingerprint density at radius 1 is 1.42 bits per heavy atom. The molecule has 1 aromatic heterocycles. The van der Waals surface area contributed by atoms with Crippen LogP contribution in [-0.4, -0.2) is 50.5 Å². The predicted molar refractivity (Wildman–Crippen MR) is 73.0 cm³/mol. The van der Waals surface area contributed by atoms with Crippen LogP contribution in [0, 0.1) is 0 Å². The van der Waals surface area contributed by atoms with E-state index in [1.54, 1.807) is 0 Å². The Morgan fingerprint density at radius 3 is 3.00 bits per heavy atom. The van der Waals surface area contributed by atoms with E-state index in [9.17, 15) is 5.11 Å². The average Bonchev–Trinajstić information content (AvgIpc) is 3.16. The van der Waals surface area contributed by atoms with E-state index in [-0.39, 0.29) is 6.10 Å². The van der Waals surface area contributed by atoms with Crippen molar-refractivity contribution in [3.63, 3.8) is 0 Å². The number of aliphatic hydroxyl groups excluding tert-OH is 1. The second-order valence-corrected chi connectivity index (χ2v) is 5.99. The topological polar surface area (TPSA) is 54.2 Å². The first kappa shape index (κ1) is 13.1. The van der Waals surface area contributed by atoms with Crippen molar-refractivity contribution in [3.05, 3.63) is 12.2 Å². The van der Waals surface area contributed by atoms with Crippen molar-refractivity contribution < 1.29 is 5.11 Å². The smallest absolute Gasteiger partial charge is 0.137 e. The molecular weight excluding hydrogens is 240 g/mol. The molecule has 1 saturated carbocycles. The molecule has 1 N–H and O–H groups in total. The van der Waals surface area contributed by atoms with Gasteiger partial charge in [0.15, 0.2) is 0 Å². The molecular formula is C14H24N4O. The minimum absolute atomic E-state index is 0.194. The second kappa shape index (κ2) is 5.59. The lowest BCUT2D eigenvalue weighted by molar-refractivity contribution is 0.0914. The molecule has 0 amide bonds. The van der Waals surface area contributed by atoms with E-state index < -0.39 is 0 Å². The quantitative estimate of drug-likeness (QED) is 0.877. The van der Waals surface area contributed by atoms with Crippen molar-refractivity contribution in [2.24, 2.45) is 0 Å². The highest BCUT2D eigenvalue weighted by molar-refractivity contribution is 5.04. The van der Waals surface area contributed by atoms with Crippen LogP contribution in [0.15, 0.2) is 6.33 Å². The van der Waals surface area contributed by atoms with Gasteiger partial charge >= 0.3 is 0 Å². The molecule has 0 unspecified atom stereocenters. The summed E-state index contributed by atoms with van der Waals surface area (Å²) in [5.74, 6) is 1.65. The number of hydrogen-bond acceptors (Lipinski definition) is 4. The van der Waals surface area contributed by atoms with Gasteiger partial charge in [0, 0.05) is 25.0 Å². The van der Waals surface area contributed by atoms with E-state index >= 15 is 0 Å². The van der Waals surface area contributed by atoms with Crippen molar-refractivity contribution in [2.45, 2.75) is 57.1 Å². The Kier molecular flexibility index (Phi) is 3.84. The molecule has 1 saturated heterocycles. The largest absolute Gasteiger partial charge is 0.392 e. The Morgan fingerprint density at radius 2 is 2.26 bits per heavy atom. The Bertz CT molecular complexity index is 415. The highest BCUT2D eigenvalue weighted by Gasteiger charge is 2.31. The maximum absolute atomic E-state index is 9.80. The molecule has 5 nitrogen and oxygen atoms in total. The fourth-order valence-electron chi connectivity index (χ4n) is 3.04. The number of β-amino-alcohol motifs (C(OH)–C–C–N with tert-alkyl or cyclic N) is 1. The zero-order valence-electron chi connectivity index (χ0n) is 11.7. The third-order valence-electron chi connectivity index (χ3n) is 4.35. The van der Waals surface area contributed by atoms with Crippen molar-refractivity contribution in [2.75, 3.05) is 19.6 Å². The molecule has 2 fully saturated rings. The number of piperidine rings is 1. The fourth-order valence-corrected chi connectivity index (χ4v) is 3.04. The van der Waals surface area contributed by atoms with E-state index in [1.165, 1.54) is 25.7 Å². The number of nitrogens with zero attached hydrogens (tertiary/aromatic N) is 4. The monoisotopic (exact) mass is 264 g/mol. The standard InChI is InChI=1S/C14H24N4O/c1-2-13(19)9-17-7-3-4-11(8-17)14-16-15-10-18(14)12-5-6-12/h10-13,19H,2-9H2,1H3/t11-,13+/m0/s1. The van der Waals surface area contributed by atoms with Crippen molar-refractivity contribution in [1.82, 2.24) is 19.7 Å². The zero-order valence-corrected chi connectivity index (χ0v) is 11.7. The van der Waals surface area contributed by atoms with Gasteiger partial charge in [-0.05, 0) is 38.6 Å². The summed E-state index contributed by atoms with van der Waals surface area (Å²) in [5, 5.41) is 18.3. The molecule has 3 rings (SSSR count). The SMILES string of the molecule is CC[C@@H](O)CN1CCC[C@H](c2nncn2C2CC2)C1. The van der Waals surface area contributed by atoms with Gasteiger partial charge in [-0.3, -0.25) is 0 Å². The lowest BCUT2D eigenvalue weighted by atomic mass is 9.96. The summed E-state index contributed by atoms with van der Waals surface area (Å²) >= 11 is 0. The Labute approximate surface area is 114 Å². The maximum Gasteiger partial charge on any atom is 0.137 e. The number of rotatable bonds is 5. The van der Waals surface area contributed by atoms with Crippen LogP contribution >= 0.6 is 0 Å². The number of hydrogen-bond donors (Lipinski definition) is 1. The zero-order chi connectivity index (χ0) is 13.2. The minimum atomic E-state index is -0.194. The summed E-state index contributed by atoms with van der Waals surface area (Å²) in [6.45, 7) is 4.95. The molecule has 2 heterocycles. The molecule has 0 radical (unpaired) electrons. The van der Waals surface area contributed by atoms with Crippen LogP contribution in [0.3, 0.4) is 0 Å². The summed E-state index contributed by atoms with van der Waals surface area (Å²) in [7, 11) is 0. The molecule has 1 aromatic rings. The molecule has 5 heteroatoms. The van der Waals surface area contributed by atoms with E-state index in [4.69, 9.17) is 0 Å². The molecule has 106 valence electrons. The molecule has 2 aliphatic rings. The average molecular weight is 264 g/mol. The molecule has 0 bridgehead atoms. The maximum atomic E-state index is 9.80. The van der Waals surface area contributed by atoms with Crippen LogP contribution in [0.2, 0.25) is 0 Å². The lowest BCUT2D eigenvalue weighted by Crippen LogP contribution is -2.39. The summed E-state index contributed by atoms with van der Waals surface area (Å²) in [5.41, 5.74) is 0. The van der Waals surface area contributed by atoms with Crippen molar-refractivity contribution in [3.8, 4) is 0 Å². The van der Waals surface area contributed by atoms with Crippen LogP contribution in [0.4, 0.5) is 0 Å². The van der Waals surface area contributed by atoms with Crippen molar-refractivity contribution >= 4 is 0 Å². The fraction of sp³-hybridized carbons (Fsp3) is 0.857. The molecule has 1 aliphatic carbocycles. The van der Waals surface area contributed by atoms with Gasteiger partial charge in [-0.1, -0.05) is 6.92 Å². The summed E-state index contributed by atoms with van der Waals surface area (Å²) in [6.07, 6.45) is 7.47. The van der Waals surface area contributed by atoms with E-state index in [2.05, 4.69) is 19.7 Å². The third-order valence-corrected chi connectivity index (χ3v) is 4.35. The van der Waals surface area contributed by atoms with E-state index in [0.29, 0.717) is 12.0 Å². The van der Waals surface area contributed by atoms with Crippen LogP contribution in [-0.2, 0) is 0 Å². The summed E-state index contributed by atoms with van der Waals surface area (Å²) < 4.78 is 2.28. The molecule has 19 heavy (non-hydrogen) atoms. The number of aliphatic hydroxyl groups is 1. The van der Waals surface area contributed by atoms with Gasteiger partial charge in [0.25, 0.3) is 0 Å². The molecule has 1 aliphatic heterocycles. The minimum Gasteiger partial charge on any atom is -0.392 e. The first-order valence-corrected chi connectivity index (χ1v) is 7.57. The Balaban J connectivity index is 1.65. The summed E-state index contributed by atoms with van der Waals surface area (Å²) in [6, 6.07) is 0.654. The van der Waals surface area contributed by atoms with Crippen LogP contribution in [0.5, 0.6) is 0 Å².